The molecule has 7 heteroatoms. The summed E-state index contributed by atoms with van der Waals surface area (Å²) in [7, 11) is 0. The summed E-state index contributed by atoms with van der Waals surface area (Å²) in [6, 6.07) is -0.204. The first-order valence-electron chi connectivity index (χ1n) is 5.69. The van der Waals surface area contributed by atoms with Gasteiger partial charge in [-0.25, -0.2) is 0 Å². The molecule has 0 aliphatic carbocycles. The third-order valence-electron chi connectivity index (χ3n) is 2.18. The topological polar surface area (TPSA) is 64.9 Å². The van der Waals surface area contributed by atoms with Crippen LogP contribution in [-0.4, -0.2) is 22.4 Å². The Morgan fingerprint density at radius 2 is 1.89 bits per heavy atom. The third-order valence-corrected chi connectivity index (χ3v) is 2.18. The highest BCUT2D eigenvalue weighted by molar-refractivity contribution is 4.91. The zero-order valence-corrected chi connectivity index (χ0v) is 10.7. The predicted octanol–water partition coefficient (Wildman–Crippen LogP) is 2.48. The van der Waals surface area contributed by atoms with E-state index in [4.69, 9.17) is 10.3 Å². The summed E-state index contributed by atoms with van der Waals surface area (Å²) in [6.07, 6.45) is -4.48. The van der Waals surface area contributed by atoms with E-state index >= 15 is 0 Å². The Morgan fingerprint density at radius 3 is 2.39 bits per heavy atom. The fraction of sp³-hybridized carbons (Fsp3) is 0.818. The Balaban J connectivity index is 2.54. The van der Waals surface area contributed by atoms with Crippen molar-refractivity contribution in [3.8, 4) is 0 Å². The highest BCUT2D eigenvalue weighted by atomic mass is 19.4. The smallest absolute Gasteiger partial charge is 0.339 e. The van der Waals surface area contributed by atoms with E-state index in [1.54, 1.807) is 0 Å². The molecule has 104 valence electrons. The van der Waals surface area contributed by atoms with Crippen LogP contribution in [0.2, 0.25) is 0 Å². The van der Waals surface area contributed by atoms with Gasteiger partial charge in [-0.2, -0.15) is 18.2 Å². The van der Waals surface area contributed by atoms with E-state index in [-0.39, 0.29) is 23.2 Å². The number of halogens is 3. The van der Waals surface area contributed by atoms with Crippen LogP contribution in [0.25, 0.3) is 0 Å². The van der Waals surface area contributed by atoms with Crippen LogP contribution >= 0.6 is 0 Å². The van der Waals surface area contributed by atoms with Crippen LogP contribution in [0, 0.1) is 5.41 Å². The van der Waals surface area contributed by atoms with Crippen molar-refractivity contribution in [2.75, 3.05) is 0 Å². The SMILES string of the molecule is CC(C)(C)CC(N)Cc1nc(CC(F)(F)F)no1. The number of hydrogen-bond acceptors (Lipinski definition) is 4. The molecule has 0 aliphatic rings. The molecule has 0 fully saturated rings. The quantitative estimate of drug-likeness (QED) is 0.908. The molecule has 1 unspecified atom stereocenters. The lowest BCUT2D eigenvalue weighted by Crippen LogP contribution is -2.28. The average Bonchev–Trinajstić information content (AvgIpc) is 2.44. The lowest BCUT2D eigenvalue weighted by molar-refractivity contribution is -0.128. The number of aromatic nitrogens is 2. The maximum absolute atomic E-state index is 12.1. The fourth-order valence-corrected chi connectivity index (χ4v) is 1.71. The second-order valence-electron chi connectivity index (χ2n) is 5.63. The largest absolute Gasteiger partial charge is 0.396 e. The molecule has 1 aromatic heterocycles. The van der Waals surface area contributed by atoms with E-state index in [0.717, 1.165) is 6.42 Å². The zero-order chi connectivity index (χ0) is 14.0. The minimum absolute atomic E-state index is 0.0498. The maximum atomic E-state index is 12.1. The van der Waals surface area contributed by atoms with Crippen molar-refractivity contribution in [1.82, 2.24) is 10.1 Å². The second-order valence-corrected chi connectivity index (χ2v) is 5.63. The molecule has 1 heterocycles. The number of rotatable bonds is 4. The molecule has 4 nitrogen and oxygen atoms in total. The van der Waals surface area contributed by atoms with E-state index in [2.05, 4.69) is 10.1 Å². The minimum Gasteiger partial charge on any atom is -0.339 e. The molecule has 1 aromatic rings. The minimum atomic E-state index is -4.32. The van der Waals surface area contributed by atoms with Gasteiger partial charge >= 0.3 is 6.18 Å². The molecule has 0 bridgehead atoms. The lowest BCUT2D eigenvalue weighted by atomic mass is 9.87. The van der Waals surface area contributed by atoms with Gasteiger partial charge in [-0.15, -0.1) is 0 Å². The highest BCUT2D eigenvalue weighted by Gasteiger charge is 2.30. The molecule has 0 saturated carbocycles. The Bertz CT molecular complexity index is 382. The van der Waals surface area contributed by atoms with Crippen LogP contribution < -0.4 is 5.73 Å². The zero-order valence-electron chi connectivity index (χ0n) is 10.7. The number of nitrogens with two attached hydrogens (primary N) is 1. The van der Waals surface area contributed by atoms with Gasteiger partial charge < -0.3 is 10.3 Å². The Morgan fingerprint density at radius 1 is 1.28 bits per heavy atom. The molecule has 0 aliphatic heterocycles. The first-order valence-corrected chi connectivity index (χ1v) is 5.69. The van der Waals surface area contributed by atoms with Gasteiger partial charge in [0.15, 0.2) is 5.82 Å². The van der Waals surface area contributed by atoms with Crippen molar-refractivity contribution in [2.24, 2.45) is 11.1 Å². The summed E-state index contributed by atoms with van der Waals surface area (Å²) < 4.78 is 41.0. The van der Waals surface area contributed by atoms with E-state index in [1.165, 1.54) is 0 Å². The van der Waals surface area contributed by atoms with Gasteiger partial charge in [-0.1, -0.05) is 25.9 Å². The number of nitrogens with zero attached hydrogens (tertiary/aromatic N) is 2. The van der Waals surface area contributed by atoms with E-state index in [1.807, 2.05) is 20.8 Å². The van der Waals surface area contributed by atoms with Gasteiger partial charge in [0.25, 0.3) is 0 Å². The molecular weight excluding hydrogens is 247 g/mol. The van der Waals surface area contributed by atoms with Crippen LogP contribution in [0.3, 0.4) is 0 Å². The number of alkyl halides is 3. The van der Waals surface area contributed by atoms with Crippen molar-refractivity contribution >= 4 is 0 Å². The molecule has 1 atom stereocenters. The highest BCUT2D eigenvalue weighted by Crippen LogP contribution is 2.22. The van der Waals surface area contributed by atoms with Crippen molar-refractivity contribution in [3.63, 3.8) is 0 Å². The standard InChI is InChI=1S/C11H18F3N3O/c1-10(2,3)5-7(15)4-9-16-8(17-18-9)6-11(12,13)14/h7H,4-6,15H2,1-3H3. The summed E-state index contributed by atoms with van der Waals surface area (Å²) >= 11 is 0. The lowest BCUT2D eigenvalue weighted by Gasteiger charge is -2.21. The molecule has 0 aromatic carbocycles. The van der Waals surface area contributed by atoms with Crippen LogP contribution in [-0.2, 0) is 12.8 Å². The van der Waals surface area contributed by atoms with E-state index in [0.29, 0.717) is 6.42 Å². The molecule has 18 heavy (non-hydrogen) atoms. The summed E-state index contributed by atoms with van der Waals surface area (Å²) in [4.78, 5) is 3.69. The third kappa shape index (κ3) is 6.00. The molecule has 1 rings (SSSR count). The van der Waals surface area contributed by atoms with Gasteiger partial charge in [0.05, 0.1) is 0 Å². The van der Waals surface area contributed by atoms with E-state index < -0.39 is 12.6 Å². The van der Waals surface area contributed by atoms with Crippen LogP contribution in [0.5, 0.6) is 0 Å². The molecule has 0 amide bonds. The second kappa shape index (κ2) is 5.26. The number of hydrogen-bond donors (Lipinski definition) is 1. The summed E-state index contributed by atoms with van der Waals surface area (Å²) in [5, 5.41) is 3.29. The summed E-state index contributed by atoms with van der Waals surface area (Å²) in [5.41, 5.74) is 5.93. The Kier molecular flexibility index (Phi) is 4.37. The van der Waals surface area contributed by atoms with Crippen molar-refractivity contribution in [1.29, 1.82) is 0 Å². The summed E-state index contributed by atoms with van der Waals surface area (Å²) in [6.45, 7) is 6.11. The Hall–Kier alpha value is -1.11. The first-order chi connectivity index (χ1) is 8.05. The average molecular weight is 265 g/mol. The van der Waals surface area contributed by atoms with Crippen LogP contribution in [0.15, 0.2) is 4.52 Å². The van der Waals surface area contributed by atoms with Gasteiger partial charge in [-0.3, -0.25) is 0 Å². The first kappa shape index (κ1) is 14.9. The van der Waals surface area contributed by atoms with Crippen molar-refractivity contribution in [2.45, 2.75) is 52.3 Å². The van der Waals surface area contributed by atoms with E-state index in [9.17, 15) is 13.2 Å². The van der Waals surface area contributed by atoms with Crippen LogP contribution in [0.1, 0.15) is 38.9 Å². The predicted molar refractivity (Wildman–Crippen MR) is 59.8 cm³/mol. The molecule has 2 N–H and O–H groups in total. The summed E-state index contributed by atoms with van der Waals surface area (Å²) in [5.74, 6) is -0.188. The maximum Gasteiger partial charge on any atom is 0.396 e. The van der Waals surface area contributed by atoms with Crippen molar-refractivity contribution in [3.05, 3.63) is 11.7 Å². The molecular formula is C11H18F3N3O. The van der Waals surface area contributed by atoms with Gasteiger partial charge in [0.1, 0.15) is 6.42 Å². The normalized spacial score (nSPS) is 14.8. The monoisotopic (exact) mass is 265 g/mol. The van der Waals surface area contributed by atoms with Crippen LogP contribution in [0.4, 0.5) is 13.2 Å². The molecule has 0 spiro atoms. The van der Waals surface area contributed by atoms with Crippen molar-refractivity contribution < 1.29 is 17.7 Å². The molecule has 0 radical (unpaired) electrons. The van der Waals surface area contributed by atoms with Gasteiger partial charge in [0, 0.05) is 12.5 Å². The van der Waals surface area contributed by atoms with Gasteiger partial charge in [0.2, 0.25) is 5.89 Å². The van der Waals surface area contributed by atoms with Gasteiger partial charge in [-0.05, 0) is 11.8 Å². The Labute approximate surface area is 104 Å². The fourth-order valence-electron chi connectivity index (χ4n) is 1.71. The molecule has 0 saturated heterocycles.